The Kier molecular flexibility index (Phi) is 6.16. The van der Waals surface area contributed by atoms with E-state index in [-0.39, 0.29) is 23.6 Å². The molecule has 0 saturated heterocycles. The lowest BCUT2D eigenvalue weighted by Crippen LogP contribution is -2.46. The molecule has 1 atom stereocenters. The molecule has 0 radical (unpaired) electrons. The number of aryl methyl sites for hydroxylation is 2. The number of aromatic nitrogens is 1. The Hall–Kier alpha value is -3.41. The van der Waals surface area contributed by atoms with Crippen molar-refractivity contribution in [1.82, 2.24) is 10.3 Å². The summed E-state index contributed by atoms with van der Waals surface area (Å²) in [5.41, 5.74) is 3.31. The molecule has 1 aliphatic rings. The van der Waals surface area contributed by atoms with E-state index in [1.807, 2.05) is 38.1 Å². The zero-order valence-electron chi connectivity index (χ0n) is 17.9. The van der Waals surface area contributed by atoms with E-state index < -0.39 is 6.04 Å². The number of hydrogen-bond donors (Lipinski definition) is 1. The van der Waals surface area contributed by atoms with Gasteiger partial charge in [-0.05, 0) is 68.1 Å². The molecule has 1 N–H and O–H groups in total. The zero-order valence-corrected chi connectivity index (χ0v) is 17.9. The summed E-state index contributed by atoms with van der Waals surface area (Å²) >= 11 is 0. The van der Waals surface area contributed by atoms with Crippen LogP contribution in [0.4, 0.5) is 5.69 Å². The van der Waals surface area contributed by atoms with Crippen LogP contribution < -0.4 is 10.2 Å². The molecule has 1 aromatic carbocycles. The van der Waals surface area contributed by atoms with E-state index in [1.54, 1.807) is 30.6 Å². The van der Waals surface area contributed by atoms with E-state index in [0.717, 1.165) is 36.8 Å². The van der Waals surface area contributed by atoms with Gasteiger partial charge in [0.1, 0.15) is 6.04 Å². The highest BCUT2D eigenvalue weighted by atomic mass is 16.3. The summed E-state index contributed by atoms with van der Waals surface area (Å²) in [5, 5.41) is 3.17. The second-order valence-corrected chi connectivity index (χ2v) is 8.18. The van der Waals surface area contributed by atoms with Crippen LogP contribution in [0.15, 0.2) is 65.5 Å². The number of anilines is 1. The largest absolute Gasteiger partial charge is 0.459 e. The SMILES string of the molecule is Cc1cc(C)cc(N(C(=O)c2ccco2)[C@H](C(=O)NC2CCCC2)c2cccnc2)c1. The van der Waals surface area contributed by atoms with Crippen molar-refractivity contribution in [3.63, 3.8) is 0 Å². The van der Waals surface area contributed by atoms with Crippen molar-refractivity contribution >= 4 is 17.5 Å². The van der Waals surface area contributed by atoms with E-state index in [0.29, 0.717) is 11.3 Å². The third-order valence-corrected chi connectivity index (χ3v) is 5.64. The summed E-state index contributed by atoms with van der Waals surface area (Å²) in [6.07, 6.45) is 8.89. The first kappa shape index (κ1) is 20.8. The van der Waals surface area contributed by atoms with Crippen molar-refractivity contribution in [2.24, 2.45) is 0 Å². The average Bonchev–Trinajstić information content (AvgIpc) is 3.45. The molecular formula is C25H27N3O3. The maximum atomic E-state index is 13.6. The van der Waals surface area contributed by atoms with Crippen LogP contribution in [0.3, 0.4) is 0 Å². The van der Waals surface area contributed by atoms with Crippen LogP contribution in [0.2, 0.25) is 0 Å². The highest BCUT2D eigenvalue weighted by Crippen LogP contribution is 2.32. The van der Waals surface area contributed by atoms with Gasteiger partial charge in [-0.1, -0.05) is 25.0 Å². The fourth-order valence-electron chi connectivity index (χ4n) is 4.30. The molecule has 3 aromatic rings. The smallest absolute Gasteiger partial charge is 0.294 e. The fraction of sp³-hybridized carbons (Fsp3) is 0.320. The second kappa shape index (κ2) is 9.16. The first-order valence-corrected chi connectivity index (χ1v) is 10.7. The number of nitrogens with one attached hydrogen (secondary N) is 1. The zero-order chi connectivity index (χ0) is 21.8. The van der Waals surface area contributed by atoms with Crippen molar-refractivity contribution in [3.05, 3.63) is 83.6 Å². The van der Waals surface area contributed by atoms with Crippen LogP contribution in [0.1, 0.15) is 59.0 Å². The Bertz CT molecular complexity index is 1020. The lowest BCUT2D eigenvalue weighted by Gasteiger charge is -2.32. The lowest BCUT2D eigenvalue weighted by atomic mass is 10.0. The number of benzene rings is 1. The second-order valence-electron chi connectivity index (χ2n) is 8.18. The Labute approximate surface area is 182 Å². The normalized spacial score (nSPS) is 14.9. The number of carbonyl (C=O) groups excluding carboxylic acids is 2. The molecule has 0 bridgehead atoms. The maximum absolute atomic E-state index is 13.6. The van der Waals surface area contributed by atoms with E-state index >= 15 is 0 Å². The third kappa shape index (κ3) is 4.68. The van der Waals surface area contributed by atoms with Gasteiger partial charge >= 0.3 is 0 Å². The summed E-state index contributed by atoms with van der Waals surface area (Å²) in [6, 6.07) is 12.0. The van der Waals surface area contributed by atoms with Crippen LogP contribution in [-0.2, 0) is 4.79 Å². The molecule has 31 heavy (non-hydrogen) atoms. The Morgan fingerprint density at radius 2 is 1.84 bits per heavy atom. The molecular weight excluding hydrogens is 390 g/mol. The van der Waals surface area contributed by atoms with Crippen LogP contribution in [0.25, 0.3) is 0 Å². The van der Waals surface area contributed by atoms with Gasteiger partial charge in [-0.25, -0.2) is 0 Å². The maximum Gasteiger partial charge on any atom is 0.294 e. The van der Waals surface area contributed by atoms with Crippen molar-refractivity contribution in [1.29, 1.82) is 0 Å². The molecule has 160 valence electrons. The van der Waals surface area contributed by atoms with Gasteiger partial charge in [-0.15, -0.1) is 0 Å². The summed E-state index contributed by atoms with van der Waals surface area (Å²) in [6.45, 7) is 3.95. The highest BCUT2D eigenvalue weighted by molar-refractivity contribution is 6.08. The minimum atomic E-state index is -0.867. The quantitative estimate of drug-likeness (QED) is 0.629. The van der Waals surface area contributed by atoms with Crippen molar-refractivity contribution in [2.75, 3.05) is 4.90 Å². The molecule has 6 nitrogen and oxygen atoms in total. The number of carbonyl (C=O) groups is 2. The monoisotopic (exact) mass is 417 g/mol. The Morgan fingerprint density at radius 1 is 1.10 bits per heavy atom. The Morgan fingerprint density at radius 3 is 2.45 bits per heavy atom. The first-order chi connectivity index (χ1) is 15.0. The van der Waals surface area contributed by atoms with Gasteiger partial charge < -0.3 is 9.73 Å². The number of amides is 2. The van der Waals surface area contributed by atoms with Crippen LogP contribution in [0, 0.1) is 13.8 Å². The molecule has 1 aliphatic carbocycles. The van der Waals surface area contributed by atoms with Crippen LogP contribution in [-0.4, -0.2) is 22.8 Å². The summed E-state index contributed by atoms with van der Waals surface area (Å²) in [5.74, 6) is -0.397. The minimum Gasteiger partial charge on any atom is -0.459 e. The van der Waals surface area contributed by atoms with Gasteiger partial charge in [0, 0.05) is 29.7 Å². The van der Waals surface area contributed by atoms with Crippen LogP contribution >= 0.6 is 0 Å². The van der Waals surface area contributed by atoms with Gasteiger partial charge in [0.05, 0.1) is 6.26 Å². The predicted octanol–water partition coefficient (Wildman–Crippen LogP) is 4.74. The van der Waals surface area contributed by atoms with E-state index in [2.05, 4.69) is 10.3 Å². The topological polar surface area (TPSA) is 75.4 Å². The Balaban J connectivity index is 1.82. The standard InChI is InChI=1S/C25H27N3O3/c1-17-13-18(2)15-21(14-17)28(25(30)22-10-6-12-31-22)23(19-7-5-11-26-16-19)24(29)27-20-8-3-4-9-20/h5-7,10-16,20,23H,3-4,8-9H2,1-2H3,(H,27,29)/t23-/m0/s1. The van der Waals surface area contributed by atoms with Gasteiger partial charge in [0.15, 0.2) is 5.76 Å². The highest BCUT2D eigenvalue weighted by Gasteiger charge is 2.36. The molecule has 4 rings (SSSR count). The number of furan rings is 1. The molecule has 6 heteroatoms. The molecule has 1 fully saturated rings. The molecule has 0 aliphatic heterocycles. The third-order valence-electron chi connectivity index (χ3n) is 5.64. The van der Waals surface area contributed by atoms with Crippen molar-refractivity contribution in [2.45, 2.75) is 51.6 Å². The first-order valence-electron chi connectivity index (χ1n) is 10.7. The lowest BCUT2D eigenvalue weighted by molar-refractivity contribution is -0.123. The number of pyridine rings is 1. The van der Waals surface area contributed by atoms with E-state index in [4.69, 9.17) is 4.42 Å². The number of rotatable bonds is 6. The fourth-order valence-corrected chi connectivity index (χ4v) is 4.30. The van der Waals surface area contributed by atoms with Gasteiger partial charge in [0.2, 0.25) is 5.91 Å². The molecule has 0 spiro atoms. The van der Waals surface area contributed by atoms with Crippen LogP contribution in [0.5, 0.6) is 0 Å². The summed E-state index contributed by atoms with van der Waals surface area (Å²) < 4.78 is 5.42. The van der Waals surface area contributed by atoms with Gasteiger partial charge in [0.25, 0.3) is 5.91 Å². The molecule has 2 amide bonds. The summed E-state index contributed by atoms with van der Waals surface area (Å²) in [7, 11) is 0. The van der Waals surface area contributed by atoms with E-state index in [9.17, 15) is 9.59 Å². The molecule has 2 aromatic heterocycles. The van der Waals surface area contributed by atoms with Crippen molar-refractivity contribution in [3.8, 4) is 0 Å². The number of nitrogens with zero attached hydrogens (tertiary/aromatic N) is 2. The summed E-state index contributed by atoms with van der Waals surface area (Å²) in [4.78, 5) is 33.0. The molecule has 1 saturated carbocycles. The average molecular weight is 418 g/mol. The minimum absolute atomic E-state index is 0.131. The van der Waals surface area contributed by atoms with Gasteiger partial charge in [-0.2, -0.15) is 0 Å². The predicted molar refractivity (Wildman–Crippen MR) is 119 cm³/mol. The molecule has 2 heterocycles. The molecule has 0 unspecified atom stereocenters. The van der Waals surface area contributed by atoms with Crippen molar-refractivity contribution < 1.29 is 14.0 Å². The van der Waals surface area contributed by atoms with Gasteiger partial charge in [-0.3, -0.25) is 19.5 Å². The van der Waals surface area contributed by atoms with E-state index in [1.165, 1.54) is 11.2 Å². The number of hydrogen-bond acceptors (Lipinski definition) is 4.